The van der Waals surface area contributed by atoms with E-state index in [0.29, 0.717) is 5.56 Å². The van der Waals surface area contributed by atoms with Crippen molar-refractivity contribution < 1.29 is 23.0 Å². The summed E-state index contributed by atoms with van der Waals surface area (Å²) in [5.41, 5.74) is -0.378. The van der Waals surface area contributed by atoms with Crippen LogP contribution in [0.4, 0.5) is 11.4 Å². The Hall–Kier alpha value is -3.05. The van der Waals surface area contributed by atoms with Gasteiger partial charge in [-0.15, -0.1) is 0 Å². The number of rotatable bonds is 6. The van der Waals surface area contributed by atoms with Gasteiger partial charge in [-0.1, -0.05) is 6.07 Å². The molecule has 0 unspecified atom stereocenters. The molecule has 0 aliphatic heterocycles. The molecule has 11 heteroatoms. The smallest absolute Gasteiger partial charge is 0.312 e. The SMILES string of the molecule is CNS(=O)(=O)c1ccc(Oc2ccc(C)cc2[N+](=O)[O-])c([N+](=O)[O-])c1. The number of nitrogens with zero attached hydrogens (tertiary/aromatic N) is 2. The lowest BCUT2D eigenvalue weighted by Gasteiger charge is -2.09. The van der Waals surface area contributed by atoms with Crippen LogP contribution in [0.5, 0.6) is 11.5 Å². The molecule has 0 fully saturated rings. The Morgan fingerprint density at radius 2 is 1.48 bits per heavy atom. The van der Waals surface area contributed by atoms with E-state index in [9.17, 15) is 28.6 Å². The fraction of sp³-hybridized carbons (Fsp3) is 0.143. The van der Waals surface area contributed by atoms with Gasteiger partial charge in [-0.25, -0.2) is 13.1 Å². The number of sulfonamides is 1. The van der Waals surface area contributed by atoms with Gasteiger partial charge in [0.15, 0.2) is 0 Å². The van der Waals surface area contributed by atoms with E-state index in [1.165, 1.54) is 19.2 Å². The van der Waals surface area contributed by atoms with E-state index in [0.717, 1.165) is 18.2 Å². The van der Waals surface area contributed by atoms with Gasteiger partial charge in [0, 0.05) is 12.1 Å². The Morgan fingerprint density at radius 3 is 2.00 bits per heavy atom. The Labute approximate surface area is 142 Å². The molecule has 2 aromatic carbocycles. The van der Waals surface area contributed by atoms with Gasteiger partial charge in [0.05, 0.1) is 14.7 Å². The Bertz CT molecular complexity index is 957. The predicted octanol–water partition coefficient (Wildman–Crippen LogP) is 2.51. The van der Waals surface area contributed by atoms with Crippen molar-refractivity contribution in [3.8, 4) is 11.5 Å². The lowest BCUT2D eigenvalue weighted by molar-refractivity contribution is -0.387. The third-order valence-electron chi connectivity index (χ3n) is 3.24. The minimum Gasteiger partial charge on any atom is -0.443 e. The Balaban J connectivity index is 2.54. The molecule has 0 heterocycles. The van der Waals surface area contributed by atoms with Crippen LogP contribution in [0.15, 0.2) is 41.3 Å². The summed E-state index contributed by atoms with van der Waals surface area (Å²) in [5, 5.41) is 22.3. The van der Waals surface area contributed by atoms with E-state index < -0.39 is 25.6 Å². The highest BCUT2D eigenvalue weighted by molar-refractivity contribution is 7.89. The van der Waals surface area contributed by atoms with E-state index in [1.807, 2.05) is 4.72 Å². The molecule has 0 radical (unpaired) electrons. The molecule has 2 rings (SSSR count). The maximum absolute atomic E-state index is 11.8. The standard InChI is InChI=1S/C14H13N3O7S/c1-9-3-5-13(11(7-9)16(18)19)24-14-6-4-10(25(22,23)15-2)8-12(14)17(20)21/h3-8,15H,1-2H3. The van der Waals surface area contributed by atoms with Gasteiger partial charge in [-0.2, -0.15) is 0 Å². The summed E-state index contributed by atoms with van der Waals surface area (Å²) >= 11 is 0. The maximum atomic E-state index is 11.8. The second-order valence-electron chi connectivity index (χ2n) is 4.92. The summed E-state index contributed by atoms with van der Waals surface area (Å²) in [4.78, 5) is 20.5. The molecular formula is C14H13N3O7S. The quantitative estimate of drug-likeness (QED) is 0.610. The molecule has 0 aromatic heterocycles. The summed E-state index contributed by atoms with van der Waals surface area (Å²) in [6.45, 7) is 1.65. The second kappa shape index (κ2) is 6.83. The number of aryl methyl sites for hydroxylation is 1. The third kappa shape index (κ3) is 3.89. The number of benzene rings is 2. The first-order valence-electron chi connectivity index (χ1n) is 6.80. The molecule has 132 valence electrons. The first-order chi connectivity index (χ1) is 11.7. The third-order valence-corrected chi connectivity index (χ3v) is 4.65. The molecule has 0 atom stereocenters. The van der Waals surface area contributed by atoms with Crippen molar-refractivity contribution in [1.82, 2.24) is 4.72 Å². The molecule has 0 saturated carbocycles. The van der Waals surface area contributed by atoms with Crippen LogP contribution in [0, 0.1) is 27.2 Å². The highest BCUT2D eigenvalue weighted by atomic mass is 32.2. The maximum Gasteiger partial charge on any atom is 0.312 e. The van der Waals surface area contributed by atoms with Crippen LogP contribution in [0.2, 0.25) is 0 Å². The minimum absolute atomic E-state index is 0.192. The van der Waals surface area contributed by atoms with Crippen molar-refractivity contribution in [2.24, 2.45) is 0 Å². The first kappa shape index (κ1) is 18.3. The molecule has 1 N–H and O–H groups in total. The van der Waals surface area contributed by atoms with Gasteiger partial charge in [0.2, 0.25) is 21.5 Å². The number of hydrogen-bond donors (Lipinski definition) is 1. The van der Waals surface area contributed by atoms with Crippen molar-refractivity contribution >= 4 is 21.4 Å². The zero-order valence-electron chi connectivity index (χ0n) is 13.1. The molecular weight excluding hydrogens is 354 g/mol. The lowest BCUT2D eigenvalue weighted by Crippen LogP contribution is -2.18. The van der Waals surface area contributed by atoms with E-state index in [4.69, 9.17) is 4.74 Å². The van der Waals surface area contributed by atoms with Crippen molar-refractivity contribution in [2.75, 3.05) is 7.05 Å². The average Bonchev–Trinajstić information content (AvgIpc) is 2.56. The predicted molar refractivity (Wildman–Crippen MR) is 87.2 cm³/mol. The summed E-state index contributed by atoms with van der Waals surface area (Å²) in [6.07, 6.45) is 0. The Kier molecular flexibility index (Phi) is 4.99. The van der Waals surface area contributed by atoms with Crippen LogP contribution in [0.25, 0.3) is 0 Å². The number of nitrogens with one attached hydrogen (secondary N) is 1. The van der Waals surface area contributed by atoms with Crippen LogP contribution in [-0.4, -0.2) is 25.3 Å². The van der Waals surface area contributed by atoms with Crippen molar-refractivity contribution in [3.05, 3.63) is 62.2 Å². The van der Waals surface area contributed by atoms with E-state index in [1.54, 1.807) is 13.0 Å². The highest BCUT2D eigenvalue weighted by Gasteiger charge is 2.24. The van der Waals surface area contributed by atoms with Crippen LogP contribution in [0.3, 0.4) is 0 Å². The molecule has 0 saturated heterocycles. The van der Waals surface area contributed by atoms with Gasteiger partial charge in [0.25, 0.3) is 0 Å². The first-order valence-corrected chi connectivity index (χ1v) is 8.29. The number of nitro benzene ring substituents is 2. The molecule has 0 aliphatic carbocycles. The topological polar surface area (TPSA) is 142 Å². The van der Waals surface area contributed by atoms with E-state index in [2.05, 4.69) is 0 Å². The fourth-order valence-corrected chi connectivity index (χ4v) is 2.74. The number of hydrogen-bond acceptors (Lipinski definition) is 7. The summed E-state index contributed by atoms with van der Waals surface area (Å²) in [6, 6.07) is 7.13. The average molecular weight is 367 g/mol. The highest BCUT2D eigenvalue weighted by Crippen LogP contribution is 2.37. The van der Waals surface area contributed by atoms with Crippen molar-refractivity contribution in [2.45, 2.75) is 11.8 Å². The summed E-state index contributed by atoms with van der Waals surface area (Å²) in [7, 11) is -2.72. The zero-order chi connectivity index (χ0) is 18.8. The van der Waals surface area contributed by atoms with Crippen LogP contribution < -0.4 is 9.46 Å². The number of nitro groups is 2. The summed E-state index contributed by atoms with van der Waals surface area (Å²) in [5.74, 6) is -0.505. The monoisotopic (exact) mass is 367 g/mol. The van der Waals surface area contributed by atoms with Gasteiger partial charge in [-0.3, -0.25) is 20.2 Å². The van der Waals surface area contributed by atoms with Gasteiger partial charge in [-0.05, 0) is 37.7 Å². The molecule has 0 aliphatic rings. The summed E-state index contributed by atoms with van der Waals surface area (Å²) < 4.78 is 30.9. The van der Waals surface area contributed by atoms with E-state index in [-0.39, 0.29) is 22.1 Å². The normalized spacial score (nSPS) is 11.1. The van der Waals surface area contributed by atoms with E-state index >= 15 is 0 Å². The molecule has 10 nitrogen and oxygen atoms in total. The second-order valence-corrected chi connectivity index (χ2v) is 6.81. The van der Waals surface area contributed by atoms with Gasteiger partial charge < -0.3 is 4.74 Å². The van der Waals surface area contributed by atoms with Crippen molar-refractivity contribution in [1.29, 1.82) is 0 Å². The van der Waals surface area contributed by atoms with Crippen LogP contribution in [0.1, 0.15) is 5.56 Å². The lowest BCUT2D eigenvalue weighted by atomic mass is 10.2. The van der Waals surface area contributed by atoms with Crippen LogP contribution >= 0.6 is 0 Å². The molecule has 25 heavy (non-hydrogen) atoms. The van der Waals surface area contributed by atoms with Gasteiger partial charge >= 0.3 is 11.4 Å². The minimum atomic E-state index is -3.89. The molecule has 0 spiro atoms. The van der Waals surface area contributed by atoms with Crippen molar-refractivity contribution in [3.63, 3.8) is 0 Å². The zero-order valence-corrected chi connectivity index (χ0v) is 13.9. The van der Waals surface area contributed by atoms with Gasteiger partial charge in [0.1, 0.15) is 0 Å². The molecule has 0 amide bonds. The number of ether oxygens (including phenoxy) is 1. The molecule has 2 aromatic rings. The molecule has 0 bridgehead atoms. The van der Waals surface area contributed by atoms with Crippen LogP contribution in [-0.2, 0) is 10.0 Å². The fourth-order valence-electron chi connectivity index (χ4n) is 1.99. The largest absolute Gasteiger partial charge is 0.443 e. The Morgan fingerprint density at radius 1 is 0.960 bits per heavy atom.